The molecule has 1 N–H and O–H groups in total. The third-order valence-electron chi connectivity index (χ3n) is 4.39. The second-order valence-electron chi connectivity index (χ2n) is 6.70. The molecular formula is C25H33N3O4S. The van der Waals surface area contributed by atoms with Gasteiger partial charge >= 0.3 is 0 Å². The lowest BCUT2D eigenvalue weighted by molar-refractivity contribution is -0.117. The molecule has 0 saturated carbocycles. The molecule has 8 heteroatoms. The van der Waals surface area contributed by atoms with Crippen molar-refractivity contribution in [1.29, 1.82) is 0 Å². The summed E-state index contributed by atoms with van der Waals surface area (Å²) in [6, 6.07) is 16.0. The summed E-state index contributed by atoms with van der Waals surface area (Å²) in [5, 5.41) is 3.50. The number of likely N-dealkylation sites (N-methyl/N-ethyl adjacent to an activating group) is 1. The fourth-order valence-corrected chi connectivity index (χ4v) is 3.51. The normalized spacial score (nSPS) is 9.15. The van der Waals surface area contributed by atoms with Crippen LogP contribution >= 0.6 is 11.3 Å². The van der Waals surface area contributed by atoms with Gasteiger partial charge in [0.05, 0.1) is 19.2 Å². The zero-order valence-electron chi connectivity index (χ0n) is 20.2. The first-order chi connectivity index (χ1) is 15.9. The van der Waals surface area contributed by atoms with Crippen LogP contribution in [0.5, 0.6) is 5.75 Å². The molecule has 3 aromatic rings. The van der Waals surface area contributed by atoms with Gasteiger partial charge in [0.15, 0.2) is 5.13 Å². The smallest absolute Gasteiger partial charge is 0.232 e. The highest BCUT2D eigenvalue weighted by molar-refractivity contribution is 7.15. The minimum Gasteiger partial charge on any atom is -0.497 e. The van der Waals surface area contributed by atoms with Crippen LogP contribution in [0.4, 0.5) is 5.13 Å². The monoisotopic (exact) mass is 471 g/mol. The number of nitrogens with one attached hydrogen (secondary N) is 1. The second kappa shape index (κ2) is 16.3. The van der Waals surface area contributed by atoms with E-state index in [1.54, 1.807) is 30.4 Å². The zero-order chi connectivity index (χ0) is 25.4. The van der Waals surface area contributed by atoms with E-state index in [1.165, 1.54) is 0 Å². The van der Waals surface area contributed by atoms with Gasteiger partial charge in [0, 0.05) is 11.9 Å². The number of carbonyl (C=O) groups excluding carboxylic acids is 3. The number of amides is 1. The third kappa shape index (κ3) is 9.34. The van der Waals surface area contributed by atoms with Crippen molar-refractivity contribution in [3.05, 3.63) is 64.7 Å². The van der Waals surface area contributed by atoms with Crippen LogP contribution in [0.2, 0.25) is 0 Å². The predicted octanol–water partition coefficient (Wildman–Crippen LogP) is 4.11. The Morgan fingerprint density at radius 2 is 1.61 bits per heavy atom. The SMILES string of the molecule is C=O.C=O.CNC.COc1cccc(-c2ccc(CC(=O)N(C)c3nc(C)c(C)s3)cc2)c1. The number of thiazole rings is 1. The number of hydrogen-bond acceptors (Lipinski definition) is 7. The summed E-state index contributed by atoms with van der Waals surface area (Å²) in [6.45, 7) is 7.98. The lowest BCUT2D eigenvalue weighted by Gasteiger charge is -2.14. The fraction of sp³-hybridized carbons (Fsp3) is 0.280. The number of anilines is 1. The number of hydrogen-bond donors (Lipinski definition) is 1. The third-order valence-corrected chi connectivity index (χ3v) is 5.54. The van der Waals surface area contributed by atoms with Crippen LogP contribution in [0.3, 0.4) is 0 Å². The van der Waals surface area contributed by atoms with Crippen molar-refractivity contribution < 1.29 is 19.1 Å². The molecule has 1 aromatic heterocycles. The first kappa shape index (κ1) is 29.6. The van der Waals surface area contributed by atoms with Gasteiger partial charge < -0.3 is 19.6 Å². The van der Waals surface area contributed by atoms with Gasteiger partial charge in [-0.25, -0.2) is 4.98 Å². The van der Waals surface area contributed by atoms with Gasteiger partial charge in [0.1, 0.15) is 19.3 Å². The van der Waals surface area contributed by atoms with E-state index in [9.17, 15) is 4.79 Å². The molecule has 1 heterocycles. The summed E-state index contributed by atoms with van der Waals surface area (Å²) in [7, 11) is 7.19. The van der Waals surface area contributed by atoms with Crippen molar-refractivity contribution >= 4 is 36.0 Å². The van der Waals surface area contributed by atoms with Crippen molar-refractivity contribution in [3.8, 4) is 16.9 Å². The number of aryl methyl sites for hydroxylation is 2. The van der Waals surface area contributed by atoms with Crippen LogP contribution in [0.1, 0.15) is 16.1 Å². The number of benzene rings is 2. The molecule has 0 unspecified atom stereocenters. The van der Waals surface area contributed by atoms with E-state index < -0.39 is 0 Å². The van der Waals surface area contributed by atoms with Gasteiger partial charge in [-0.2, -0.15) is 0 Å². The van der Waals surface area contributed by atoms with Crippen LogP contribution in [0, 0.1) is 13.8 Å². The molecular weight excluding hydrogens is 438 g/mol. The number of ether oxygens (including phenoxy) is 1. The minimum absolute atomic E-state index is 0.0351. The zero-order valence-corrected chi connectivity index (χ0v) is 21.0. The molecule has 33 heavy (non-hydrogen) atoms. The summed E-state index contributed by atoms with van der Waals surface area (Å²) in [5.41, 5.74) is 4.15. The lowest BCUT2D eigenvalue weighted by atomic mass is 10.0. The topological polar surface area (TPSA) is 88.6 Å². The number of methoxy groups -OCH3 is 1. The van der Waals surface area contributed by atoms with E-state index in [1.807, 2.05) is 90.1 Å². The van der Waals surface area contributed by atoms with Gasteiger partial charge in [-0.1, -0.05) is 36.4 Å². The first-order valence-corrected chi connectivity index (χ1v) is 10.8. The minimum atomic E-state index is 0.0351. The lowest BCUT2D eigenvalue weighted by Crippen LogP contribution is -2.27. The molecule has 0 bridgehead atoms. The highest BCUT2D eigenvalue weighted by Crippen LogP contribution is 2.26. The van der Waals surface area contributed by atoms with Gasteiger partial charge in [0.25, 0.3) is 0 Å². The van der Waals surface area contributed by atoms with E-state index >= 15 is 0 Å². The Balaban J connectivity index is 0.00000132. The van der Waals surface area contributed by atoms with Crippen LogP contribution in [0.25, 0.3) is 11.1 Å². The van der Waals surface area contributed by atoms with E-state index in [0.29, 0.717) is 6.42 Å². The van der Waals surface area contributed by atoms with E-state index in [2.05, 4.69) is 10.3 Å². The maximum absolute atomic E-state index is 12.5. The highest BCUT2D eigenvalue weighted by Gasteiger charge is 2.16. The Morgan fingerprint density at radius 3 is 2.09 bits per heavy atom. The molecule has 0 atom stereocenters. The van der Waals surface area contributed by atoms with E-state index in [-0.39, 0.29) is 5.91 Å². The van der Waals surface area contributed by atoms with Gasteiger partial charge in [-0.3, -0.25) is 9.69 Å². The fourth-order valence-electron chi connectivity index (χ4n) is 2.62. The van der Waals surface area contributed by atoms with Crippen molar-refractivity contribution in [2.75, 3.05) is 33.2 Å². The Bertz CT molecular complexity index is 953. The number of carbonyl (C=O) groups is 3. The molecule has 3 rings (SSSR count). The second-order valence-corrected chi connectivity index (χ2v) is 7.88. The molecule has 1 amide bonds. The number of aromatic nitrogens is 1. The molecule has 0 saturated heterocycles. The summed E-state index contributed by atoms with van der Waals surface area (Å²) in [6.07, 6.45) is 0.354. The molecule has 178 valence electrons. The molecule has 2 aromatic carbocycles. The number of nitrogens with zero attached hydrogens (tertiary/aromatic N) is 2. The Hall–Kier alpha value is -3.36. The predicted molar refractivity (Wildman–Crippen MR) is 136 cm³/mol. The van der Waals surface area contributed by atoms with E-state index in [0.717, 1.165) is 38.1 Å². The summed E-state index contributed by atoms with van der Waals surface area (Å²) >= 11 is 1.55. The van der Waals surface area contributed by atoms with Crippen LogP contribution in [-0.2, 0) is 20.8 Å². The first-order valence-electron chi connectivity index (χ1n) is 9.99. The van der Waals surface area contributed by atoms with Crippen LogP contribution in [-0.4, -0.2) is 52.7 Å². The Morgan fingerprint density at radius 1 is 1.03 bits per heavy atom. The average molecular weight is 472 g/mol. The molecule has 7 nitrogen and oxygen atoms in total. The van der Waals surface area contributed by atoms with Gasteiger partial charge in [0.2, 0.25) is 5.91 Å². The van der Waals surface area contributed by atoms with Crippen LogP contribution < -0.4 is 15.0 Å². The summed E-state index contributed by atoms with van der Waals surface area (Å²) in [4.78, 5) is 35.8. The summed E-state index contributed by atoms with van der Waals surface area (Å²) in [5.74, 6) is 0.866. The van der Waals surface area contributed by atoms with Gasteiger partial charge in [-0.15, -0.1) is 11.3 Å². The maximum atomic E-state index is 12.5. The highest BCUT2D eigenvalue weighted by atomic mass is 32.1. The largest absolute Gasteiger partial charge is 0.497 e. The van der Waals surface area contributed by atoms with Gasteiger partial charge in [-0.05, 0) is 56.8 Å². The molecule has 0 aliphatic carbocycles. The summed E-state index contributed by atoms with van der Waals surface area (Å²) < 4.78 is 5.28. The molecule has 0 radical (unpaired) electrons. The van der Waals surface area contributed by atoms with Crippen LogP contribution in [0.15, 0.2) is 48.5 Å². The van der Waals surface area contributed by atoms with E-state index in [4.69, 9.17) is 14.3 Å². The molecule has 0 fully saturated rings. The molecule has 0 aliphatic rings. The average Bonchev–Trinajstić information content (AvgIpc) is 3.20. The molecule has 0 spiro atoms. The van der Waals surface area contributed by atoms with Crippen molar-refractivity contribution in [1.82, 2.24) is 10.3 Å². The molecule has 0 aliphatic heterocycles. The Labute approximate surface area is 200 Å². The van der Waals surface area contributed by atoms with Crippen molar-refractivity contribution in [2.24, 2.45) is 0 Å². The Kier molecular flexibility index (Phi) is 14.6. The number of rotatable bonds is 5. The standard InChI is InChI=1S/C21H22N2O2S.C2H7N.2CH2O/c1-14-15(2)26-21(22-14)23(3)20(24)12-16-8-10-17(11-9-16)18-6-5-7-19(13-18)25-4;1-3-2;2*1-2/h5-11,13H,12H2,1-4H3;3H,1-2H3;2*1H2. The maximum Gasteiger partial charge on any atom is 0.232 e. The van der Waals surface area contributed by atoms with Crippen molar-refractivity contribution in [2.45, 2.75) is 20.3 Å². The quantitative estimate of drug-likeness (QED) is 0.603. The van der Waals surface area contributed by atoms with Crippen molar-refractivity contribution in [3.63, 3.8) is 0 Å².